The molecule has 0 aliphatic carbocycles. The van der Waals surface area contributed by atoms with Crippen molar-refractivity contribution in [3.8, 4) is 0 Å². The summed E-state index contributed by atoms with van der Waals surface area (Å²) in [6.07, 6.45) is 0.209. The number of aromatic nitrogens is 4. The Morgan fingerprint density at radius 2 is 2.10 bits per heavy atom. The summed E-state index contributed by atoms with van der Waals surface area (Å²) in [5, 5.41) is 20.9. The van der Waals surface area contributed by atoms with Gasteiger partial charge in [0.15, 0.2) is 11.2 Å². The van der Waals surface area contributed by atoms with E-state index in [0.717, 1.165) is 0 Å². The van der Waals surface area contributed by atoms with Gasteiger partial charge < -0.3 is 14.9 Å². The summed E-state index contributed by atoms with van der Waals surface area (Å²) in [4.78, 5) is 57.9. The summed E-state index contributed by atoms with van der Waals surface area (Å²) in [5.41, 5.74) is -0.269. The van der Waals surface area contributed by atoms with Crippen LogP contribution in [0.4, 0.5) is 5.95 Å². The minimum absolute atomic E-state index is 0.0185. The van der Waals surface area contributed by atoms with Crippen LogP contribution in [0.25, 0.3) is 11.2 Å². The monoisotopic (exact) mass is 435 g/mol. The average molecular weight is 435 g/mol. The van der Waals surface area contributed by atoms with Crippen molar-refractivity contribution in [2.45, 2.75) is 51.9 Å². The number of hydrogen-bond donors (Lipinski definition) is 4. The van der Waals surface area contributed by atoms with Crippen LogP contribution in [-0.2, 0) is 19.1 Å². The molecule has 0 radical (unpaired) electrons. The first-order valence-corrected chi connectivity index (χ1v) is 9.97. The van der Waals surface area contributed by atoms with Gasteiger partial charge in [-0.05, 0) is 12.3 Å². The van der Waals surface area contributed by atoms with Crippen LogP contribution in [0.2, 0.25) is 0 Å². The number of Topliss-reactive ketones (excluding diaryl/α,β-unsaturated/α-hetero) is 1. The first kappa shape index (κ1) is 22.6. The SMILES string of the molecule is CC(C)C(=O)Nc1nc2c(ncn2[C@H]2C[C@@H](CC(=O)CCC(=O)O)[C@H](CO)O2)c(=O)[nH]1. The van der Waals surface area contributed by atoms with Crippen molar-refractivity contribution in [3.63, 3.8) is 0 Å². The molecule has 4 N–H and O–H groups in total. The quantitative estimate of drug-likeness (QED) is 0.435. The fourth-order valence-electron chi connectivity index (χ4n) is 3.46. The van der Waals surface area contributed by atoms with Crippen LogP contribution in [-0.4, -0.2) is 60.1 Å². The molecule has 0 saturated carbocycles. The van der Waals surface area contributed by atoms with E-state index in [1.165, 1.54) is 10.9 Å². The molecule has 3 rings (SSSR count). The predicted octanol–water partition coefficient (Wildman–Crippen LogP) is 0.434. The lowest BCUT2D eigenvalue weighted by Gasteiger charge is -2.15. The van der Waals surface area contributed by atoms with Crippen LogP contribution in [0, 0.1) is 11.8 Å². The molecular weight excluding hydrogens is 410 g/mol. The van der Waals surface area contributed by atoms with Crippen molar-refractivity contribution < 1.29 is 29.3 Å². The molecule has 0 aromatic carbocycles. The van der Waals surface area contributed by atoms with E-state index in [2.05, 4.69) is 20.3 Å². The van der Waals surface area contributed by atoms with Gasteiger partial charge in [0.1, 0.15) is 12.0 Å². The highest BCUT2D eigenvalue weighted by Crippen LogP contribution is 2.36. The van der Waals surface area contributed by atoms with Crippen molar-refractivity contribution in [2.75, 3.05) is 11.9 Å². The molecule has 0 bridgehead atoms. The smallest absolute Gasteiger partial charge is 0.303 e. The second kappa shape index (κ2) is 9.35. The maximum atomic E-state index is 12.3. The van der Waals surface area contributed by atoms with E-state index in [9.17, 15) is 24.3 Å². The second-order valence-corrected chi connectivity index (χ2v) is 7.83. The van der Waals surface area contributed by atoms with E-state index in [0.29, 0.717) is 6.42 Å². The van der Waals surface area contributed by atoms with E-state index in [-0.39, 0.29) is 66.5 Å². The summed E-state index contributed by atoms with van der Waals surface area (Å²) < 4.78 is 7.39. The number of carbonyl (C=O) groups excluding carboxylic acids is 2. The van der Waals surface area contributed by atoms with E-state index in [4.69, 9.17) is 9.84 Å². The minimum atomic E-state index is -1.05. The summed E-state index contributed by atoms with van der Waals surface area (Å²) in [7, 11) is 0. The topological polar surface area (TPSA) is 176 Å². The number of ketones is 1. The Kier molecular flexibility index (Phi) is 6.81. The van der Waals surface area contributed by atoms with Crippen molar-refractivity contribution in [1.29, 1.82) is 0 Å². The van der Waals surface area contributed by atoms with Gasteiger partial charge in [-0.2, -0.15) is 4.98 Å². The zero-order chi connectivity index (χ0) is 22.7. The highest BCUT2D eigenvalue weighted by atomic mass is 16.5. The molecule has 31 heavy (non-hydrogen) atoms. The number of imidazole rings is 1. The zero-order valence-electron chi connectivity index (χ0n) is 17.2. The van der Waals surface area contributed by atoms with E-state index in [1.807, 2.05) is 0 Å². The third-order valence-electron chi connectivity index (χ3n) is 5.16. The Hall–Kier alpha value is -3.12. The highest BCUT2D eigenvalue weighted by Gasteiger charge is 2.37. The van der Waals surface area contributed by atoms with Gasteiger partial charge in [-0.15, -0.1) is 0 Å². The van der Waals surface area contributed by atoms with E-state index >= 15 is 0 Å². The molecule has 3 heterocycles. The first-order chi connectivity index (χ1) is 14.7. The molecule has 3 atom stereocenters. The van der Waals surface area contributed by atoms with Gasteiger partial charge in [-0.3, -0.25) is 34.0 Å². The third kappa shape index (κ3) is 5.14. The molecule has 1 amide bonds. The number of nitrogens with zero attached hydrogens (tertiary/aromatic N) is 3. The van der Waals surface area contributed by atoms with Crippen LogP contribution in [0.3, 0.4) is 0 Å². The minimum Gasteiger partial charge on any atom is -0.481 e. The number of aliphatic hydroxyl groups excluding tert-OH is 1. The summed E-state index contributed by atoms with van der Waals surface area (Å²) in [5.74, 6) is -2.24. The molecule has 2 aromatic rings. The number of aliphatic carboxylic acids is 1. The molecule has 1 saturated heterocycles. The number of carbonyl (C=O) groups is 3. The van der Waals surface area contributed by atoms with E-state index in [1.54, 1.807) is 13.8 Å². The van der Waals surface area contributed by atoms with Gasteiger partial charge in [-0.25, -0.2) is 4.98 Å². The molecular formula is C19H25N5O7. The molecule has 12 heteroatoms. The van der Waals surface area contributed by atoms with Crippen molar-refractivity contribution in [3.05, 3.63) is 16.7 Å². The number of carboxylic acid groups (broad SMARTS) is 1. The highest BCUT2D eigenvalue weighted by molar-refractivity contribution is 5.91. The number of nitrogens with one attached hydrogen (secondary N) is 2. The summed E-state index contributed by atoms with van der Waals surface area (Å²) in [6.45, 7) is 3.09. The predicted molar refractivity (Wildman–Crippen MR) is 107 cm³/mol. The van der Waals surface area contributed by atoms with Crippen LogP contribution in [0.1, 0.15) is 45.8 Å². The van der Waals surface area contributed by atoms with Crippen LogP contribution in [0.5, 0.6) is 0 Å². The van der Waals surface area contributed by atoms with Gasteiger partial charge in [0, 0.05) is 18.8 Å². The molecule has 2 aromatic heterocycles. The van der Waals surface area contributed by atoms with Crippen molar-refractivity contribution >= 4 is 34.8 Å². The number of fused-ring (bicyclic) bond motifs is 1. The van der Waals surface area contributed by atoms with Gasteiger partial charge in [0.05, 0.1) is 25.5 Å². The van der Waals surface area contributed by atoms with Gasteiger partial charge >= 0.3 is 5.97 Å². The Labute approximate surface area is 176 Å². The number of amides is 1. The number of aliphatic hydroxyl groups is 1. The number of hydrogen-bond acceptors (Lipinski definition) is 8. The number of rotatable bonds is 9. The fourth-order valence-corrected chi connectivity index (χ4v) is 3.46. The molecule has 1 aliphatic rings. The molecule has 168 valence electrons. The normalized spacial score (nSPS) is 21.0. The fraction of sp³-hybridized carbons (Fsp3) is 0.579. The Bertz CT molecular complexity index is 1040. The molecule has 1 fully saturated rings. The first-order valence-electron chi connectivity index (χ1n) is 9.97. The lowest BCUT2D eigenvalue weighted by Crippen LogP contribution is -2.23. The lowest BCUT2D eigenvalue weighted by atomic mass is 9.93. The Morgan fingerprint density at radius 3 is 2.74 bits per heavy atom. The van der Waals surface area contributed by atoms with Gasteiger partial charge in [0.2, 0.25) is 11.9 Å². The second-order valence-electron chi connectivity index (χ2n) is 7.83. The number of aromatic amines is 1. The van der Waals surface area contributed by atoms with E-state index < -0.39 is 23.9 Å². The molecule has 0 spiro atoms. The zero-order valence-corrected chi connectivity index (χ0v) is 17.2. The number of anilines is 1. The van der Waals surface area contributed by atoms with Crippen molar-refractivity contribution in [2.24, 2.45) is 11.8 Å². The maximum Gasteiger partial charge on any atom is 0.303 e. The van der Waals surface area contributed by atoms with Crippen molar-refractivity contribution in [1.82, 2.24) is 19.5 Å². The van der Waals surface area contributed by atoms with Crippen LogP contribution in [0.15, 0.2) is 11.1 Å². The summed E-state index contributed by atoms with van der Waals surface area (Å²) in [6, 6.07) is 0. The molecule has 12 nitrogen and oxygen atoms in total. The lowest BCUT2D eigenvalue weighted by molar-refractivity contribution is -0.138. The molecule has 1 aliphatic heterocycles. The average Bonchev–Trinajstić information content (AvgIpc) is 3.30. The maximum absolute atomic E-state index is 12.3. The van der Waals surface area contributed by atoms with Gasteiger partial charge in [0.25, 0.3) is 5.56 Å². The van der Waals surface area contributed by atoms with Crippen LogP contribution >= 0.6 is 0 Å². The third-order valence-corrected chi connectivity index (χ3v) is 5.16. The van der Waals surface area contributed by atoms with Gasteiger partial charge in [-0.1, -0.05) is 13.8 Å². The van der Waals surface area contributed by atoms with Crippen LogP contribution < -0.4 is 10.9 Å². The largest absolute Gasteiger partial charge is 0.481 e. The Balaban J connectivity index is 1.81. The number of carboxylic acids is 1. The Morgan fingerprint density at radius 1 is 1.35 bits per heavy atom. The number of ether oxygens (including phenoxy) is 1. The summed E-state index contributed by atoms with van der Waals surface area (Å²) >= 11 is 0. The standard InChI is InChI=1S/C19H25N5O7/c1-9(2)17(29)22-19-21-16-15(18(30)23-19)20-8-24(16)13-6-10(12(7-25)31-13)5-11(26)3-4-14(27)28/h8-10,12-13,25H,3-7H2,1-2H3,(H,27,28)(H2,21,22,23,29,30)/t10-,12+,13-/m1/s1. The number of H-pyrrole nitrogens is 1. The molecule has 0 unspecified atom stereocenters.